The molecule has 0 aromatic rings. The highest BCUT2D eigenvalue weighted by Gasteiger charge is 2.57. The summed E-state index contributed by atoms with van der Waals surface area (Å²) in [6, 6.07) is 2.39. The van der Waals surface area contributed by atoms with Crippen LogP contribution in [-0.4, -0.2) is 10.7 Å². The SMILES string of the molecule is CCC1CCC(O)(C2(C#N)CCC2)C1. The minimum Gasteiger partial charge on any atom is -0.388 e. The molecule has 2 unspecified atom stereocenters. The van der Waals surface area contributed by atoms with Crippen molar-refractivity contribution in [2.24, 2.45) is 11.3 Å². The molecule has 0 spiro atoms. The van der Waals surface area contributed by atoms with Crippen LogP contribution in [0, 0.1) is 22.7 Å². The maximum atomic E-state index is 10.5. The van der Waals surface area contributed by atoms with E-state index in [1.165, 1.54) is 0 Å². The lowest BCUT2D eigenvalue weighted by molar-refractivity contribution is -0.0909. The van der Waals surface area contributed by atoms with Gasteiger partial charge in [-0.25, -0.2) is 0 Å². The average molecular weight is 193 g/mol. The summed E-state index contributed by atoms with van der Waals surface area (Å²) in [5.41, 5.74) is -1.03. The third kappa shape index (κ3) is 1.19. The molecule has 0 heterocycles. The summed E-state index contributed by atoms with van der Waals surface area (Å²) < 4.78 is 0. The van der Waals surface area contributed by atoms with Crippen LogP contribution in [0.5, 0.6) is 0 Å². The highest BCUT2D eigenvalue weighted by atomic mass is 16.3. The van der Waals surface area contributed by atoms with Gasteiger partial charge in [-0.1, -0.05) is 19.8 Å². The Bertz CT molecular complexity index is 264. The Morgan fingerprint density at radius 2 is 2.14 bits per heavy atom. The van der Waals surface area contributed by atoms with Gasteiger partial charge in [0.1, 0.15) is 0 Å². The maximum absolute atomic E-state index is 10.5. The summed E-state index contributed by atoms with van der Waals surface area (Å²) in [5.74, 6) is 0.644. The normalized spacial score (nSPS) is 40.2. The number of nitriles is 1. The third-order valence-corrected chi connectivity index (χ3v) is 4.48. The van der Waals surface area contributed by atoms with Crippen LogP contribution in [0.4, 0.5) is 0 Å². The number of rotatable bonds is 2. The van der Waals surface area contributed by atoms with E-state index in [2.05, 4.69) is 13.0 Å². The molecule has 0 radical (unpaired) electrons. The lowest BCUT2D eigenvalue weighted by Crippen LogP contribution is -2.50. The lowest BCUT2D eigenvalue weighted by Gasteiger charge is -2.46. The zero-order valence-corrected chi connectivity index (χ0v) is 8.92. The van der Waals surface area contributed by atoms with Crippen molar-refractivity contribution in [3.8, 4) is 6.07 Å². The standard InChI is InChI=1S/C12H19NO/c1-2-10-4-7-12(14,8-10)11(9-13)5-3-6-11/h10,14H,2-8H2,1H3. The topological polar surface area (TPSA) is 44.0 Å². The van der Waals surface area contributed by atoms with Crippen LogP contribution >= 0.6 is 0 Å². The molecule has 14 heavy (non-hydrogen) atoms. The van der Waals surface area contributed by atoms with E-state index in [4.69, 9.17) is 0 Å². The monoisotopic (exact) mass is 193 g/mol. The number of hydrogen-bond acceptors (Lipinski definition) is 2. The third-order valence-electron chi connectivity index (χ3n) is 4.48. The van der Waals surface area contributed by atoms with Crippen LogP contribution in [0.3, 0.4) is 0 Å². The van der Waals surface area contributed by atoms with Crippen LogP contribution in [0.25, 0.3) is 0 Å². The molecule has 0 aliphatic heterocycles. The summed E-state index contributed by atoms with van der Waals surface area (Å²) in [6.07, 6.45) is 6.90. The van der Waals surface area contributed by atoms with E-state index in [0.717, 1.165) is 44.9 Å². The van der Waals surface area contributed by atoms with Gasteiger partial charge in [0.25, 0.3) is 0 Å². The van der Waals surface area contributed by atoms with Gasteiger partial charge in [0, 0.05) is 0 Å². The van der Waals surface area contributed by atoms with Crippen molar-refractivity contribution in [2.45, 2.75) is 57.5 Å². The predicted octanol–water partition coefficient (Wildman–Crippen LogP) is 2.62. The van der Waals surface area contributed by atoms with Gasteiger partial charge in [-0.15, -0.1) is 0 Å². The van der Waals surface area contributed by atoms with Gasteiger partial charge in [-0.3, -0.25) is 0 Å². The Kier molecular flexibility index (Phi) is 2.31. The molecule has 0 saturated heterocycles. The first-order valence-electron chi connectivity index (χ1n) is 5.79. The van der Waals surface area contributed by atoms with E-state index >= 15 is 0 Å². The maximum Gasteiger partial charge on any atom is 0.0860 e. The fraction of sp³-hybridized carbons (Fsp3) is 0.917. The molecule has 2 aliphatic carbocycles. The molecule has 1 N–H and O–H groups in total. The Morgan fingerprint density at radius 3 is 2.50 bits per heavy atom. The summed E-state index contributed by atoms with van der Waals surface area (Å²) in [5, 5.41) is 19.8. The first-order chi connectivity index (χ1) is 6.66. The predicted molar refractivity (Wildman–Crippen MR) is 54.5 cm³/mol. The smallest absolute Gasteiger partial charge is 0.0860 e. The first-order valence-corrected chi connectivity index (χ1v) is 5.79. The fourth-order valence-corrected chi connectivity index (χ4v) is 3.12. The molecule has 2 rings (SSSR count). The first kappa shape index (κ1) is 9.98. The van der Waals surface area contributed by atoms with Gasteiger partial charge in [0.2, 0.25) is 0 Å². The molecule has 0 aromatic carbocycles. The second-order valence-corrected chi connectivity index (χ2v) is 5.10. The quantitative estimate of drug-likeness (QED) is 0.732. The number of nitrogens with zero attached hydrogens (tertiary/aromatic N) is 1. The molecular weight excluding hydrogens is 174 g/mol. The molecule has 2 fully saturated rings. The zero-order chi connectivity index (χ0) is 10.2. The van der Waals surface area contributed by atoms with Crippen molar-refractivity contribution in [3.63, 3.8) is 0 Å². The fourth-order valence-electron chi connectivity index (χ4n) is 3.12. The summed E-state index contributed by atoms with van der Waals surface area (Å²) in [6.45, 7) is 2.18. The zero-order valence-electron chi connectivity index (χ0n) is 8.92. The molecule has 2 aliphatic rings. The Morgan fingerprint density at radius 1 is 1.43 bits per heavy atom. The minimum absolute atomic E-state index is 0.378. The largest absolute Gasteiger partial charge is 0.388 e. The van der Waals surface area contributed by atoms with Crippen molar-refractivity contribution in [3.05, 3.63) is 0 Å². The molecule has 0 amide bonds. The molecule has 2 atom stereocenters. The molecular formula is C12H19NO. The van der Waals surface area contributed by atoms with Crippen molar-refractivity contribution in [1.82, 2.24) is 0 Å². The highest BCUT2D eigenvalue weighted by Crippen LogP contribution is 2.56. The van der Waals surface area contributed by atoms with Gasteiger partial charge in [0.15, 0.2) is 0 Å². The molecule has 78 valence electrons. The number of aliphatic hydroxyl groups is 1. The van der Waals surface area contributed by atoms with Gasteiger partial charge < -0.3 is 5.11 Å². The minimum atomic E-state index is -0.652. The van der Waals surface area contributed by atoms with Crippen molar-refractivity contribution in [1.29, 1.82) is 5.26 Å². The van der Waals surface area contributed by atoms with Gasteiger partial charge >= 0.3 is 0 Å². The van der Waals surface area contributed by atoms with Gasteiger partial charge in [-0.05, 0) is 38.0 Å². The molecule has 0 bridgehead atoms. The molecule has 2 saturated carbocycles. The van der Waals surface area contributed by atoms with Crippen molar-refractivity contribution < 1.29 is 5.11 Å². The second kappa shape index (κ2) is 3.24. The van der Waals surface area contributed by atoms with E-state index in [9.17, 15) is 10.4 Å². The van der Waals surface area contributed by atoms with Crippen molar-refractivity contribution >= 4 is 0 Å². The van der Waals surface area contributed by atoms with E-state index in [0.29, 0.717) is 5.92 Å². The van der Waals surface area contributed by atoms with E-state index < -0.39 is 5.60 Å². The number of hydrogen-bond donors (Lipinski definition) is 1. The summed E-state index contributed by atoms with van der Waals surface area (Å²) in [7, 11) is 0. The van der Waals surface area contributed by atoms with E-state index in [1.54, 1.807) is 0 Å². The highest BCUT2D eigenvalue weighted by molar-refractivity contribution is 5.17. The molecule has 2 heteroatoms. The lowest BCUT2D eigenvalue weighted by atomic mass is 9.58. The van der Waals surface area contributed by atoms with Gasteiger partial charge in [-0.2, -0.15) is 5.26 Å². The molecule has 2 nitrogen and oxygen atoms in total. The Hall–Kier alpha value is -0.550. The van der Waals surface area contributed by atoms with Crippen LogP contribution < -0.4 is 0 Å². The van der Waals surface area contributed by atoms with E-state index in [-0.39, 0.29) is 5.41 Å². The second-order valence-electron chi connectivity index (χ2n) is 5.10. The average Bonchev–Trinajstić information content (AvgIpc) is 2.47. The summed E-state index contributed by atoms with van der Waals surface area (Å²) >= 11 is 0. The van der Waals surface area contributed by atoms with Crippen LogP contribution in [0.15, 0.2) is 0 Å². The Balaban J connectivity index is 2.13. The summed E-state index contributed by atoms with van der Waals surface area (Å²) in [4.78, 5) is 0. The van der Waals surface area contributed by atoms with Crippen LogP contribution in [0.1, 0.15) is 51.9 Å². The van der Waals surface area contributed by atoms with E-state index in [1.807, 2.05) is 0 Å². The van der Waals surface area contributed by atoms with Crippen LogP contribution in [-0.2, 0) is 0 Å². The molecule has 0 aromatic heterocycles. The van der Waals surface area contributed by atoms with Gasteiger partial charge in [0.05, 0.1) is 17.1 Å². The van der Waals surface area contributed by atoms with Crippen molar-refractivity contribution in [2.75, 3.05) is 0 Å². The van der Waals surface area contributed by atoms with Crippen LogP contribution in [0.2, 0.25) is 0 Å². The Labute approximate surface area is 85.9 Å².